The third kappa shape index (κ3) is 9.79. The number of likely N-dealkylation sites (tertiary alicyclic amines) is 1. The van der Waals surface area contributed by atoms with Crippen molar-refractivity contribution in [1.82, 2.24) is 20.9 Å². The van der Waals surface area contributed by atoms with E-state index in [0.29, 0.717) is 57.4 Å². The van der Waals surface area contributed by atoms with Crippen LogP contribution >= 0.6 is 0 Å². The normalized spacial score (nSPS) is 22.8. The van der Waals surface area contributed by atoms with E-state index >= 15 is 0 Å². The number of benzene rings is 2. The molecule has 3 atom stereocenters. The van der Waals surface area contributed by atoms with Crippen molar-refractivity contribution in [1.29, 1.82) is 0 Å². The number of carbonyl (C=O) groups is 3. The summed E-state index contributed by atoms with van der Waals surface area (Å²) >= 11 is 0. The van der Waals surface area contributed by atoms with Crippen molar-refractivity contribution in [3.05, 3.63) is 65.7 Å². The molecule has 2 aliphatic rings. The largest absolute Gasteiger partial charge is 0.494 e. The number of rotatable bonds is 8. The highest BCUT2D eigenvalue weighted by Crippen LogP contribution is 2.21. The van der Waals surface area contributed by atoms with Crippen LogP contribution in [-0.2, 0) is 27.2 Å². The summed E-state index contributed by atoms with van der Waals surface area (Å²) < 4.78 is 32.9. The summed E-state index contributed by atoms with van der Waals surface area (Å²) in [5, 5.41) is 8.74. The van der Waals surface area contributed by atoms with Crippen molar-refractivity contribution in [2.45, 2.75) is 82.3 Å². The molecule has 3 N–H and O–H groups in total. The van der Waals surface area contributed by atoms with E-state index in [-0.39, 0.29) is 18.4 Å². The molecule has 1 fully saturated rings. The van der Waals surface area contributed by atoms with E-state index in [4.69, 9.17) is 4.74 Å². The Kier molecular flexibility index (Phi) is 11.3. The minimum Gasteiger partial charge on any atom is -0.494 e. The van der Waals surface area contributed by atoms with Gasteiger partial charge in [-0.05, 0) is 61.8 Å². The van der Waals surface area contributed by atoms with Crippen molar-refractivity contribution in [2.75, 3.05) is 26.2 Å². The number of nitrogens with zero attached hydrogens (tertiary/aromatic N) is 1. The van der Waals surface area contributed by atoms with Crippen LogP contribution in [0.5, 0.6) is 5.75 Å². The number of alkyl halides is 2. The first-order chi connectivity index (χ1) is 20.2. The molecule has 2 aromatic carbocycles. The fourth-order valence-corrected chi connectivity index (χ4v) is 5.50. The molecule has 0 radical (unpaired) electrons. The summed E-state index contributed by atoms with van der Waals surface area (Å²) in [6.45, 7) is 1.45. The summed E-state index contributed by atoms with van der Waals surface area (Å²) in [6, 6.07) is 15.2. The second-order valence-corrected chi connectivity index (χ2v) is 11.4. The molecule has 2 aromatic rings. The van der Waals surface area contributed by atoms with Crippen molar-refractivity contribution in [2.24, 2.45) is 0 Å². The number of fused-ring (bicyclic) bond motifs is 2. The van der Waals surface area contributed by atoms with Gasteiger partial charge in [0, 0.05) is 38.9 Å². The van der Waals surface area contributed by atoms with Gasteiger partial charge in [-0.1, -0.05) is 42.5 Å². The van der Waals surface area contributed by atoms with Gasteiger partial charge in [-0.3, -0.25) is 14.4 Å². The van der Waals surface area contributed by atoms with E-state index in [2.05, 4.69) is 16.0 Å². The van der Waals surface area contributed by atoms with Gasteiger partial charge in [0.05, 0.1) is 13.2 Å². The highest BCUT2D eigenvalue weighted by atomic mass is 19.3. The summed E-state index contributed by atoms with van der Waals surface area (Å²) in [5.74, 6) is -3.03. The zero-order chi connectivity index (χ0) is 30.0. The standard InChI is InChI=1S/C32H42F2N4O4/c1-32(33,34)22-35-21-25-12-5-6-18-42-26-13-7-11-24(19-26)20-28(38-17-8-14-29(38)39)31(41)37-27(30(40)36-25)16-15-23-9-3-2-4-10-23/h2-4,7,9-11,13,19,25,27-28,35H,5-6,8,12,14-18,20-22H2,1H3,(H,36,40)(H,37,41)/t25-,27-,28-/m0/s1. The first-order valence-corrected chi connectivity index (χ1v) is 14.9. The van der Waals surface area contributed by atoms with Gasteiger partial charge in [-0.15, -0.1) is 0 Å². The summed E-state index contributed by atoms with van der Waals surface area (Å²) in [4.78, 5) is 41.9. The predicted molar refractivity (Wildman–Crippen MR) is 156 cm³/mol. The quantitative estimate of drug-likeness (QED) is 0.440. The van der Waals surface area contributed by atoms with Crippen LogP contribution in [0.2, 0.25) is 0 Å². The van der Waals surface area contributed by atoms with E-state index in [1.165, 1.54) is 0 Å². The number of nitrogens with one attached hydrogen (secondary N) is 3. The SMILES string of the molecule is CC(F)(F)CNC[C@@H]1CCCCOc2cccc(c2)C[C@H](N2CCCC2=O)C(=O)N[C@@H](CCc2ccccc2)C(=O)N1. The van der Waals surface area contributed by atoms with E-state index in [1.807, 2.05) is 54.6 Å². The second-order valence-electron chi connectivity index (χ2n) is 11.4. The summed E-state index contributed by atoms with van der Waals surface area (Å²) in [5.41, 5.74) is 1.89. The molecule has 228 valence electrons. The highest BCUT2D eigenvalue weighted by molar-refractivity contribution is 5.92. The Balaban J connectivity index is 1.59. The fraction of sp³-hybridized carbons (Fsp3) is 0.531. The van der Waals surface area contributed by atoms with Gasteiger partial charge in [-0.25, -0.2) is 8.78 Å². The van der Waals surface area contributed by atoms with Crippen LogP contribution in [0.15, 0.2) is 54.6 Å². The number of ether oxygens (including phenoxy) is 1. The van der Waals surface area contributed by atoms with Crippen molar-refractivity contribution in [3.63, 3.8) is 0 Å². The number of aryl methyl sites for hydroxylation is 1. The summed E-state index contributed by atoms with van der Waals surface area (Å²) in [7, 11) is 0. The lowest BCUT2D eigenvalue weighted by molar-refractivity contribution is -0.138. The highest BCUT2D eigenvalue weighted by Gasteiger charge is 2.35. The molecule has 0 aliphatic carbocycles. The van der Waals surface area contributed by atoms with Crippen LogP contribution in [0, 0.1) is 0 Å². The third-order valence-electron chi connectivity index (χ3n) is 7.70. The van der Waals surface area contributed by atoms with Gasteiger partial charge in [0.1, 0.15) is 17.8 Å². The zero-order valence-corrected chi connectivity index (χ0v) is 24.2. The molecular weight excluding hydrogens is 542 g/mol. The molecule has 8 nitrogen and oxygen atoms in total. The van der Waals surface area contributed by atoms with Gasteiger partial charge in [0.2, 0.25) is 17.7 Å². The maximum atomic E-state index is 13.9. The Labute approximate surface area is 246 Å². The maximum Gasteiger partial charge on any atom is 0.257 e. The molecule has 10 heteroatoms. The van der Waals surface area contributed by atoms with Crippen LogP contribution in [0.4, 0.5) is 8.78 Å². The lowest BCUT2D eigenvalue weighted by Crippen LogP contribution is -2.56. The van der Waals surface area contributed by atoms with Crippen molar-refractivity contribution >= 4 is 17.7 Å². The maximum absolute atomic E-state index is 13.9. The second kappa shape index (κ2) is 15.1. The van der Waals surface area contributed by atoms with Gasteiger partial charge in [0.15, 0.2) is 0 Å². The average molecular weight is 585 g/mol. The van der Waals surface area contributed by atoms with Crippen molar-refractivity contribution < 1.29 is 27.9 Å². The van der Waals surface area contributed by atoms with Crippen LogP contribution in [0.3, 0.4) is 0 Å². The molecule has 2 bridgehead atoms. The van der Waals surface area contributed by atoms with Crippen LogP contribution in [-0.4, -0.2) is 72.9 Å². The topological polar surface area (TPSA) is 99.8 Å². The van der Waals surface area contributed by atoms with E-state index in [0.717, 1.165) is 30.9 Å². The van der Waals surface area contributed by atoms with Crippen LogP contribution in [0.1, 0.15) is 56.6 Å². The molecule has 0 saturated carbocycles. The number of carbonyl (C=O) groups excluding carboxylic acids is 3. The Bertz CT molecular complexity index is 1190. The first-order valence-electron chi connectivity index (χ1n) is 14.9. The lowest BCUT2D eigenvalue weighted by Gasteiger charge is -2.30. The molecule has 0 spiro atoms. The average Bonchev–Trinajstić information content (AvgIpc) is 3.38. The Morgan fingerprint density at radius 3 is 2.55 bits per heavy atom. The third-order valence-corrected chi connectivity index (χ3v) is 7.70. The molecule has 2 heterocycles. The minimum absolute atomic E-state index is 0.0823. The van der Waals surface area contributed by atoms with E-state index in [1.54, 1.807) is 4.90 Å². The molecule has 42 heavy (non-hydrogen) atoms. The molecular formula is C32H42F2N4O4. The molecule has 1 saturated heterocycles. The predicted octanol–water partition coefficient (Wildman–Crippen LogP) is 3.63. The number of hydrogen-bond donors (Lipinski definition) is 3. The lowest BCUT2D eigenvalue weighted by atomic mass is 10.0. The Morgan fingerprint density at radius 1 is 1.00 bits per heavy atom. The van der Waals surface area contributed by atoms with Gasteiger partial charge >= 0.3 is 0 Å². The number of halogens is 2. The zero-order valence-electron chi connectivity index (χ0n) is 24.2. The van der Waals surface area contributed by atoms with E-state index < -0.39 is 36.5 Å². The monoisotopic (exact) mass is 584 g/mol. The summed E-state index contributed by atoms with van der Waals surface area (Å²) in [6.07, 6.45) is 4.25. The van der Waals surface area contributed by atoms with E-state index in [9.17, 15) is 23.2 Å². The Hall–Kier alpha value is -3.53. The first kappa shape index (κ1) is 31.4. The van der Waals surface area contributed by atoms with Gasteiger partial charge in [0.25, 0.3) is 5.92 Å². The van der Waals surface area contributed by atoms with Crippen molar-refractivity contribution in [3.8, 4) is 5.75 Å². The molecule has 4 rings (SSSR count). The molecule has 2 aliphatic heterocycles. The smallest absolute Gasteiger partial charge is 0.257 e. The van der Waals surface area contributed by atoms with Gasteiger partial charge < -0.3 is 25.6 Å². The number of hydrogen-bond acceptors (Lipinski definition) is 5. The van der Waals surface area contributed by atoms with Crippen LogP contribution < -0.4 is 20.7 Å². The van der Waals surface area contributed by atoms with Crippen LogP contribution in [0.25, 0.3) is 0 Å². The Morgan fingerprint density at radius 2 is 1.81 bits per heavy atom. The number of amides is 3. The minimum atomic E-state index is -2.88. The molecule has 0 unspecified atom stereocenters. The molecule has 0 aromatic heterocycles. The molecule has 3 amide bonds. The van der Waals surface area contributed by atoms with Gasteiger partial charge in [-0.2, -0.15) is 0 Å². The fourth-order valence-electron chi connectivity index (χ4n) is 5.50.